The van der Waals surface area contributed by atoms with Crippen molar-refractivity contribution in [2.45, 2.75) is 13.2 Å². The molecule has 142 valence electrons. The number of para-hydroxylation sites is 3. The van der Waals surface area contributed by atoms with Crippen molar-refractivity contribution in [1.82, 2.24) is 9.55 Å². The van der Waals surface area contributed by atoms with E-state index in [0.29, 0.717) is 22.3 Å². The van der Waals surface area contributed by atoms with E-state index >= 15 is 0 Å². The summed E-state index contributed by atoms with van der Waals surface area (Å²) in [6, 6.07) is 21.2. The molecule has 0 bridgehead atoms. The topological polar surface area (TPSA) is 36.3 Å². The molecule has 1 aromatic heterocycles. The molecule has 6 heteroatoms. The van der Waals surface area contributed by atoms with Gasteiger partial charge in [0.1, 0.15) is 23.9 Å². The van der Waals surface area contributed by atoms with E-state index in [-0.39, 0.29) is 6.61 Å². The second-order valence-corrected chi connectivity index (χ2v) is 7.12. The molecule has 0 N–H and O–H groups in total. The summed E-state index contributed by atoms with van der Waals surface area (Å²) in [5.41, 5.74) is 3.02. The van der Waals surface area contributed by atoms with Gasteiger partial charge >= 0.3 is 0 Å². The van der Waals surface area contributed by atoms with Crippen LogP contribution in [0.4, 0.5) is 0 Å². The lowest BCUT2D eigenvalue weighted by atomic mass is 10.2. The zero-order valence-electron chi connectivity index (χ0n) is 15.2. The van der Waals surface area contributed by atoms with Gasteiger partial charge in [-0.15, -0.1) is 0 Å². The molecule has 0 spiro atoms. The van der Waals surface area contributed by atoms with Gasteiger partial charge < -0.3 is 14.0 Å². The number of hydrogen-bond acceptors (Lipinski definition) is 3. The third-order valence-electron chi connectivity index (χ3n) is 4.51. The number of imidazole rings is 1. The van der Waals surface area contributed by atoms with Crippen LogP contribution < -0.4 is 9.47 Å². The van der Waals surface area contributed by atoms with Crippen molar-refractivity contribution in [1.29, 1.82) is 0 Å². The molecule has 1 heterocycles. The van der Waals surface area contributed by atoms with Crippen molar-refractivity contribution in [2.75, 3.05) is 7.11 Å². The molecule has 0 radical (unpaired) electrons. The molecule has 0 saturated heterocycles. The van der Waals surface area contributed by atoms with E-state index in [9.17, 15) is 0 Å². The summed E-state index contributed by atoms with van der Waals surface area (Å²) in [5, 5.41) is 1.04. The highest BCUT2D eigenvalue weighted by molar-refractivity contribution is 6.35. The molecule has 0 fully saturated rings. The Hall–Kier alpha value is -2.69. The highest BCUT2D eigenvalue weighted by Gasteiger charge is 2.14. The van der Waals surface area contributed by atoms with E-state index in [2.05, 4.69) is 10.6 Å². The van der Waals surface area contributed by atoms with Gasteiger partial charge in [0.2, 0.25) is 0 Å². The summed E-state index contributed by atoms with van der Waals surface area (Å²) in [5.74, 6) is 2.22. The van der Waals surface area contributed by atoms with Crippen molar-refractivity contribution in [3.8, 4) is 11.5 Å². The van der Waals surface area contributed by atoms with Crippen LogP contribution in [0.3, 0.4) is 0 Å². The van der Waals surface area contributed by atoms with Crippen LogP contribution in [0.1, 0.15) is 11.4 Å². The first-order valence-corrected chi connectivity index (χ1v) is 9.55. The van der Waals surface area contributed by atoms with Gasteiger partial charge in [0.05, 0.1) is 29.7 Å². The Bertz CT molecular complexity index is 1120. The first-order valence-electron chi connectivity index (χ1n) is 8.79. The first kappa shape index (κ1) is 18.7. The summed E-state index contributed by atoms with van der Waals surface area (Å²) < 4.78 is 13.6. The van der Waals surface area contributed by atoms with Gasteiger partial charge in [-0.05, 0) is 36.4 Å². The third kappa shape index (κ3) is 3.79. The summed E-state index contributed by atoms with van der Waals surface area (Å²) in [7, 11) is 1.68. The smallest absolute Gasteiger partial charge is 0.148 e. The normalized spacial score (nSPS) is 11.0. The number of hydrogen-bond donors (Lipinski definition) is 0. The highest BCUT2D eigenvalue weighted by atomic mass is 35.5. The maximum absolute atomic E-state index is 6.23. The number of nitrogens with zero attached hydrogens (tertiary/aromatic N) is 2. The van der Waals surface area contributed by atoms with E-state index in [4.69, 9.17) is 37.7 Å². The summed E-state index contributed by atoms with van der Waals surface area (Å²) >= 11 is 12.2. The van der Waals surface area contributed by atoms with Crippen molar-refractivity contribution in [3.63, 3.8) is 0 Å². The van der Waals surface area contributed by atoms with E-state index in [1.807, 2.05) is 42.5 Å². The quantitative estimate of drug-likeness (QED) is 0.390. The third-order valence-corrected chi connectivity index (χ3v) is 5.04. The number of halogens is 2. The van der Waals surface area contributed by atoms with Crippen LogP contribution in [-0.4, -0.2) is 16.7 Å². The Kier molecular flexibility index (Phi) is 5.42. The zero-order chi connectivity index (χ0) is 19.5. The lowest BCUT2D eigenvalue weighted by Crippen LogP contribution is -2.09. The Morgan fingerprint density at radius 1 is 0.929 bits per heavy atom. The Morgan fingerprint density at radius 3 is 2.54 bits per heavy atom. The minimum absolute atomic E-state index is 0.283. The fraction of sp³-hybridized carbons (Fsp3) is 0.136. The minimum atomic E-state index is 0.283. The van der Waals surface area contributed by atoms with Crippen LogP contribution in [-0.2, 0) is 13.2 Å². The van der Waals surface area contributed by atoms with Crippen LogP contribution in [0.2, 0.25) is 10.0 Å². The second kappa shape index (κ2) is 8.13. The molecule has 4 nitrogen and oxygen atoms in total. The predicted molar refractivity (Wildman–Crippen MR) is 113 cm³/mol. The lowest BCUT2D eigenvalue weighted by molar-refractivity contribution is 0.291. The highest BCUT2D eigenvalue weighted by Crippen LogP contribution is 2.29. The molecule has 0 unspecified atom stereocenters. The van der Waals surface area contributed by atoms with Gasteiger partial charge in [-0.2, -0.15) is 0 Å². The molecular weight excluding hydrogens is 395 g/mol. The maximum Gasteiger partial charge on any atom is 0.148 e. The summed E-state index contributed by atoms with van der Waals surface area (Å²) in [4.78, 5) is 4.75. The SMILES string of the molecule is COc1ccccc1Cn1c(COc2ccc(Cl)cc2Cl)nc2ccccc21. The molecule has 3 aromatic carbocycles. The minimum Gasteiger partial charge on any atom is -0.496 e. The van der Waals surface area contributed by atoms with Crippen LogP contribution in [0.15, 0.2) is 66.7 Å². The Labute approximate surface area is 173 Å². The average Bonchev–Trinajstić information content (AvgIpc) is 3.05. The molecule has 0 amide bonds. The maximum atomic E-state index is 6.23. The largest absolute Gasteiger partial charge is 0.496 e. The number of benzene rings is 3. The number of methoxy groups -OCH3 is 1. The zero-order valence-corrected chi connectivity index (χ0v) is 16.7. The fourth-order valence-electron chi connectivity index (χ4n) is 3.15. The fourth-order valence-corrected chi connectivity index (χ4v) is 3.61. The Balaban J connectivity index is 1.69. The van der Waals surface area contributed by atoms with Gasteiger partial charge in [-0.1, -0.05) is 53.5 Å². The number of rotatable bonds is 6. The number of ether oxygens (including phenoxy) is 2. The van der Waals surface area contributed by atoms with Gasteiger partial charge in [-0.3, -0.25) is 0 Å². The Morgan fingerprint density at radius 2 is 1.71 bits per heavy atom. The van der Waals surface area contributed by atoms with Crippen molar-refractivity contribution >= 4 is 34.2 Å². The molecule has 0 aliphatic rings. The van der Waals surface area contributed by atoms with E-state index < -0.39 is 0 Å². The molecule has 0 saturated carbocycles. The molecule has 0 atom stereocenters. The van der Waals surface area contributed by atoms with Gasteiger partial charge in [0.15, 0.2) is 0 Å². The molecule has 28 heavy (non-hydrogen) atoms. The van der Waals surface area contributed by atoms with Crippen molar-refractivity contribution in [2.24, 2.45) is 0 Å². The standard InChI is InChI=1S/C22H18Cl2N2O2/c1-27-20-9-5-2-6-15(20)13-26-19-8-4-3-7-18(19)25-22(26)14-28-21-11-10-16(23)12-17(21)24/h2-12H,13-14H2,1H3. The monoisotopic (exact) mass is 412 g/mol. The summed E-state index contributed by atoms with van der Waals surface area (Å²) in [6.07, 6.45) is 0. The number of fused-ring (bicyclic) bond motifs is 1. The number of aromatic nitrogens is 2. The van der Waals surface area contributed by atoms with Crippen LogP contribution in [0.5, 0.6) is 11.5 Å². The van der Waals surface area contributed by atoms with Crippen LogP contribution in [0, 0.1) is 0 Å². The van der Waals surface area contributed by atoms with E-state index in [0.717, 1.165) is 28.2 Å². The van der Waals surface area contributed by atoms with Gasteiger partial charge in [0.25, 0.3) is 0 Å². The van der Waals surface area contributed by atoms with Crippen LogP contribution >= 0.6 is 23.2 Å². The lowest BCUT2D eigenvalue weighted by Gasteiger charge is -2.13. The van der Waals surface area contributed by atoms with E-state index in [1.165, 1.54) is 0 Å². The van der Waals surface area contributed by atoms with Gasteiger partial charge in [0, 0.05) is 10.6 Å². The van der Waals surface area contributed by atoms with E-state index in [1.54, 1.807) is 25.3 Å². The first-order chi connectivity index (χ1) is 13.7. The predicted octanol–water partition coefficient (Wildman–Crippen LogP) is 5.98. The molecule has 0 aliphatic heterocycles. The average molecular weight is 413 g/mol. The molecule has 0 aliphatic carbocycles. The summed E-state index contributed by atoms with van der Waals surface area (Å²) in [6.45, 7) is 0.906. The van der Waals surface area contributed by atoms with Crippen molar-refractivity contribution < 1.29 is 9.47 Å². The van der Waals surface area contributed by atoms with Crippen LogP contribution in [0.25, 0.3) is 11.0 Å². The van der Waals surface area contributed by atoms with Crippen molar-refractivity contribution in [3.05, 3.63) is 88.2 Å². The molecular formula is C22H18Cl2N2O2. The van der Waals surface area contributed by atoms with Gasteiger partial charge in [-0.25, -0.2) is 4.98 Å². The molecule has 4 aromatic rings. The second-order valence-electron chi connectivity index (χ2n) is 6.28. The molecule has 4 rings (SSSR count).